The van der Waals surface area contributed by atoms with E-state index in [9.17, 15) is 13.2 Å². The second kappa shape index (κ2) is 6.99. The fraction of sp³-hybridized carbons (Fsp3) is 0.333. The number of carbonyl (C=O) groups excluding carboxylic acids is 1. The number of rotatable bonds is 6. The van der Waals surface area contributed by atoms with Crippen LogP contribution in [0.1, 0.15) is 19.8 Å². The lowest BCUT2D eigenvalue weighted by Gasteiger charge is -2.15. The molecule has 1 amide bonds. The quantitative estimate of drug-likeness (QED) is 0.557. The van der Waals surface area contributed by atoms with Gasteiger partial charge in [0, 0.05) is 37.6 Å². The molecule has 0 saturated heterocycles. The van der Waals surface area contributed by atoms with E-state index in [1.165, 1.54) is 6.92 Å². The molecule has 0 radical (unpaired) electrons. The Kier molecular flexibility index (Phi) is 4.61. The summed E-state index contributed by atoms with van der Waals surface area (Å²) in [6, 6.07) is 7.50. The number of hydrogen-bond donors (Lipinski definition) is 3. The Morgan fingerprint density at radius 3 is 2.48 bits per heavy atom. The zero-order valence-electron chi connectivity index (χ0n) is 16.2. The molecule has 3 aromatic rings. The van der Waals surface area contributed by atoms with Gasteiger partial charge in [0.2, 0.25) is 11.9 Å². The Hall–Kier alpha value is -3.21. The van der Waals surface area contributed by atoms with E-state index in [0.29, 0.717) is 17.2 Å². The number of nitrogens with zero attached hydrogens (tertiary/aromatic N) is 4. The van der Waals surface area contributed by atoms with Gasteiger partial charge in [-0.15, -0.1) is 0 Å². The molecule has 152 valence electrons. The second-order valence-corrected chi connectivity index (χ2v) is 9.04. The molecule has 1 fully saturated rings. The Morgan fingerprint density at radius 1 is 1.21 bits per heavy atom. The van der Waals surface area contributed by atoms with Gasteiger partial charge in [0.1, 0.15) is 11.2 Å². The minimum Gasteiger partial charge on any atom is -0.367 e. The van der Waals surface area contributed by atoms with Crippen molar-refractivity contribution < 1.29 is 13.2 Å². The van der Waals surface area contributed by atoms with Gasteiger partial charge in [0.05, 0.1) is 0 Å². The summed E-state index contributed by atoms with van der Waals surface area (Å²) < 4.78 is 24.1. The third-order valence-corrected chi connectivity index (χ3v) is 5.69. The van der Waals surface area contributed by atoms with Crippen LogP contribution in [-0.2, 0) is 14.6 Å². The number of amides is 1. The number of H-pyrrole nitrogens is 1. The van der Waals surface area contributed by atoms with Crippen LogP contribution in [0.5, 0.6) is 0 Å². The second-order valence-electron chi connectivity index (χ2n) is 7.09. The lowest BCUT2D eigenvalue weighted by Crippen LogP contribution is -2.22. The monoisotopic (exact) mass is 415 g/mol. The predicted octanol–water partition coefficient (Wildman–Crippen LogP) is 2.06. The summed E-state index contributed by atoms with van der Waals surface area (Å²) in [6.07, 6.45) is 3.13. The Bertz CT molecular complexity index is 1180. The number of hydrogen-bond acceptors (Lipinski definition) is 8. The van der Waals surface area contributed by atoms with E-state index < -0.39 is 9.84 Å². The summed E-state index contributed by atoms with van der Waals surface area (Å²) >= 11 is 0. The maximum atomic E-state index is 12.1. The fourth-order valence-corrected chi connectivity index (χ4v) is 3.60. The molecule has 4 rings (SSSR count). The molecule has 29 heavy (non-hydrogen) atoms. The number of sulfone groups is 1. The van der Waals surface area contributed by atoms with E-state index in [2.05, 4.69) is 30.8 Å². The van der Waals surface area contributed by atoms with Gasteiger partial charge in [-0.05, 0) is 37.1 Å². The molecule has 1 aliphatic rings. The highest BCUT2D eigenvalue weighted by Crippen LogP contribution is 2.32. The van der Waals surface area contributed by atoms with Crippen molar-refractivity contribution >= 4 is 49.9 Å². The molecular formula is C18H21N7O3S. The zero-order chi connectivity index (χ0) is 20.8. The molecular weight excluding hydrogens is 394 g/mol. The number of aromatic amines is 1. The van der Waals surface area contributed by atoms with Gasteiger partial charge in [0.25, 0.3) is 0 Å². The molecule has 11 heteroatoms. The molecule has 1 aromatic carbocycles. The minimum absolute atomic E-state index is 0.00109. The van der Waals surface area contributed by atoms with Crippen LogP contribution in [0.25, 0.3) is 11.0 Å². The molecule has 0 bridgehead atoms. The smallest absolute Gasteiger partial charge is 0.231 e. The van der Waals surface area contributed by atoms with Crippen LogP contribution in [0.15, 0.2) is 29.3 Å². The normalized spacial score (nSPS) is 14.0. The van der Waals surface area contributed by atoms with Gasteiger partial charge in [-0.3, -0.25) is 9.89 Å². The van der Waals surface area contributed by atoms with E-state index in [-0.39, 0.29) is 22.6 Å². The maximum absolute atomic E-state index is 12.1. The number of aromatic nitrogens is 4. The number of nitrogens with one attached hydrogen (secondary N) is 3. The van der Waals surface area contributed by atoms with Gasteiger partial charge >= 0.3 is 0 Å². The van der Waals surface area contributed by atoms with E-state index in [1.807, 2.05) is 24.3 Å². The van der Waals surface area contributed by atoms with Crippen molar-refractivity contribution in [3.05, 3.63) is 24.3 Å². The highest BCUT2D eigenvalue weighted by atomic mass is 32.2. The average Bonchev–Trinajstić information content (AvgIpc) is 3.35. The molecule has 0 aliphatic heterocycles. The van der Waals surface area contributed by atoms with Crippen molar-refractivity contribution in [2.24, 2.45) is 0 Å². The minimum atomic E-state index is -3.51. The number of benzene rings is 1. The van der Waals surface area contributed by atoms with Crippen molar-refractivity contribution in [2.45, 2.75) is 30.8 Å². The Morgan fingerprint density at radius 2 is 1.90 bits per heavy atom. The lowest BCUT2D eigenvalue weighted by atomic mass is 10.2. The van der Waals surface area contributed by atoms with E-state index in [4.69, 9.17) is 0 Å². The van der Waals surface area contributed by atoms with Gasteiger partial charge in [-0.25, -0.2) is 8.42 Å². The lowest BCUT2D eigenvalue weighted by molar-refractivity contribution is -0.116. The van der Waals surface area contributed by atoms with E-state index in [0.717, 1.165) is 30.5 Å². The molecule has 1 saturated carbocycles. The van der Waals surface area contributed by atoms with Crippen molar-refractivity contribution in [1.82, 2.24) is 20.2 Å². The van der Waals surface area contributed by atoms with Crippen LogP contribution in [0.3, 0.4) is 0 Å². The topological polar surface area (TPSA) is 133 Å². The number of fused-ring (bicyclic) bond motifs is 1. The first-order valence-electron chi connectivity index (χ1n) is 9.06. The molecule has 2 aromatic heterocycles. The first-order chi connectivity index (χ1) is 13.7. The number of anilines is 4. The van der Waals surface area contributed by atoms with Gasteiger partial charge in [-0.2, -0.15) is 15.1 Å². The maximum Gasteiger partial charge on any atom is 0.231 e. The van der Waals surface area contributed by atoms with Crippen molar-refractivity contribution in [3.63, 3.8) is 0 Å². The Labute approximate surface area is 167 Å². The van der Waals surface area contributed by atoms with Crippen LogP contribution >= 0.6 is 0 Å². The summed E-state index contributed by atoms with van der Waals surface area (Å²) in [7, 11) is -1.80. The first-order valence-corrected chi connectivity index (χ1v) is 11.0. The van der Waals surface area contributed by atoms with Crippen LogP contribution in [0.4, 0.5) is 23.1 Å². The largest absolute Gasteiger partial charge is 0.367 e. The van der Waals surface area contributed by atoms with Gasteiger partial charge < -0.3 is 15.5 Å². The number of carbonyl (C=O) groups is 1. The summed E-state index contributed by atoms with van der Waals surface area (Å²) in [6.45, 7) is 1.50. The SMILES string of the molecule is CC(=O)N(C)c1ccc(Nc2nc(NC3CC3)c3c(S(C)(=O)=O)[nH]nc3n2)cc1. The zero-order valence-corrected chi connectivity index (χ0v) is 17.0. The van der Waals surface area contributed by atoms with Crippen LogP contribution in [0.2, 0.25) is 0 Å². The molecule has 0 atom stereocenters. The van der Waals surface area contributed by atoms with E-state index in [1.54, 1.807) is 11.9 Å². The summed E-state index contributed by atoms with van der Waals surface area (Å²) in [5, 5.41) is 13.3. The van der Waals surface area contributed by atoms with Gasteiger partial charge in [0.15, 0.2) is 20.5 Å². The summed E-state index contributed by atoms with van der Waals surface area (Å²) in [5.41, 5.74) is 1.75. The van der Waals surface area contributed by atoms with E-state index >= 15 is 0 Å². The van der Waals surface area contributed by atoms with Gasteiger partial charge in [-0.1, -0.05) is 0 Å². The highest BCUT2D eigenvalue weighted by molar-refractivity contribution is 7.90. The molecule has 10 nitrogen and oxygen atoms in total. The third kappa shape index (κ3) is 3.99. The fourth-order valence-electron chi connectivity index (χ4n) is 2.83. The van der Waals surface area contributed by atoms with Crippen LogP contribution < -0.4 is 15.5 Å². The van der Waals surface area contributed by atoms with Crippen molar-refractivity contribution in [3.8, 4) is 0 Å². The predicted molar refractivity (Wildman–Crippen MR) is 110 cm³/mol. The van der Waals surface area contributed by atoms with Crippen LogP contribution in [-0.4, -0.2) is 53.8 Å². The standard InChI is InChI=1S/C18H21N7O3S/c1-10(26)25(2)13-8-6-12(7-9-13)20-18-21-15(19-11-4-5-11)14-16(22-18)23-24-17(14)29(3,27)28/h6-9,11H,4-5H2,1-3H3,(H3,19,20,21,22,23,24). The first kappa shape index (κ1) is 19.1. The molecule has 2 heterocycles. The molecule has 0 spiro atoms. The summed E-state index contributed by atoms with van der Waals surface area (Å²) in [4.78, 5) is 21.9. The molecule has 0 unspecified atom stereocenters. The summed E-state index contributed by atoms with van der Waals surface area (Å²) in [5.74, 6) is 0.664. The third-order valence-electron chi connectivity index (χ3n) is 4.65. The van der Waals surface area contributed by atoms with Crippen LogP contribution in [0, 0.1) is 0 Å². The molecule has 3 N–H and O–H groups in total. The Balaban J connectivity index is 1.68. The molecule has 1 aliphatic carbocycles. The van der Waals surface area contributed by atoms with Crippen molar-refractivity contribution in [2.75, 3.05) is 28.8 Å². The highest BCUT2D eigenvalue weighted by Gasteiger charge is 2.27. The average molecular weight is 415 g/mol. The van der Waals surface area contributed by atoms with Crippen molar-refractivity contribution in [1.29, 1.82) is 0 Å².